The Bertz CT molecular complexity index is 861. The van der Waals surface area contributed by atoms with Crippen LogP contribution in [0.3, 0.4) is 0 Å². The van der Waals surface area contributed by atoms with Crippen LogP contribution >= 0.6 is 0 Å². The first-order chi connectivity index (χ1) is 12.3. The van der Waals surface area contributed by atoms with Crippen molar-refractivity contribution in [1.82, 2.24) is 15.0 Å². The Hall–Kier alpha value is -2.12. The number of nitrogens with zero attached hydrogens (tertiary/aromatic N) is 3. The van der Waals surface area contributed by atoms with Gasteiger partial charge >= 0.3 is 6.18 Å². The van der Waals surface area contributed by atoms with Crippen LogP contribution in [0.15, 0.2) is 10.6 Å². The Morgan fingerprint density at radius 3 is 2.77 bits per heavy atom. The average Bonchev–Trinajstić information content (AvgIpc) is 3.22. The Balaban J connectivity index is 1.66. The molecule has 0 spiro atoms. The summed E-state index contributed by atoms with van der Waals surface area (Å²) in [5.41, 5.74) is -0.362. The number of carbonyl (C=O) groups is 1. The fourth-order valence-electron chi connectivity index (χ4n) is 3.87. The molecule has 0 aromatic carbocycles. The van der Waals surface area contributed by atoms with Crippen LogP contribution in [0.1, 0.15) is 49.1 Å². The molecular formula is C18H20F3N3O2. The number of pyridine rings is 1. The highest BCUT2D eigenvalue weighted by molar-refractivity contribution is 5.82. The zero-order valence-corrected chi connectivity index (χ0v) is 14.6. The number of fused-ring (bicyclic) bond motifs is 1. The second-order valence-electron chi connectivity index (χ2n) is 7.48. The molecule has 5 nitrogen and oxygen atoms in total. The van der Waals surface area contributed by atoms with Crippen molar-refractivity contribution >= 4 is 17.0 Å². The standard InChI is InChI=1S/C18H20F3N3O2/c1-9-6-12(9)17(25)24-5-3-4-11(8-24)14-7-13(18(19,20)21)15-10(2)23-26-16(15)22-14/h7,9,11-12H,3-6,8H2,1-2H3/t9-,11-,12-/m1/s1. The van der Waals surface area contributed by atoms with Crippen molar-refractivity contribution in [2.75, 3.05) is 13.1 Å². The minimum absolute atomic E-state index is 0.0758. The molecule has 2 aromatic heterocycles. The lowest BCUT2D eigenvalue weighted by Gasteiger charge is -2.33. The van der Waals surface area contributed by atoms with E-state index in [4.69, 9.17) is 4.52 Å². The normalized spacial score (nSPS) is 26.3. The van der Waals surface area contributed by atoms with Crippen molar-refractivity contribution in [1.29, 1.82) is 0 Å². The summed E-state index contributed by atoms with van der Waals surface area (Å²) in [7, 11) is 0. The van der Waals surface area contributed by atoms with Gasteiger partial charge in [0.15, 0.2) is 0 Å². The van der Waals surface area contributed by atoms with Crippen molar-refractivity contribution in [2.45, 2.75) is 45.2 Å². The zero-order chi connectivity index (χ0) is 18.6. The highest BCUT2D eigenvalue weighted by Crippen LogP contribution is 2.41. The first-order valence-corrected chi connectivity index (χ1v) is 8.88. The van der Waals surface area contributed by atoms with Gasteiger partial charge < -0.3 is 9.42 Å². The number of alkyl halides is 3. The highest BCUT2D eigenvalue weighted by atomic mass is 19.4. The van der Waals surface area contributed by atoms with E-state index in [1.54, 1.807) is 4.90 Å². The molecule has 2 fully saturated rings. The molecule has 0 bridgehead atoms. The molecule has 1 aliphatic carbocycles. The van der Waals surface area contributed by atoms with Gasteiger partial charge in [-0.2, -0.15) is 13.2 Å². The van der Waals surface area contributed by atoms with Gasteiger partial charge in [0.2, 0.25) is 5.91 Å². The molecule has 0 radical (unpaired) electrons. The summed E-state index contributed by atoms with van der Waals surface area (Å²) in [6.07, 6.45) is -2.15. The summed E-state index contributed by atoms with van der Waals surface area (Å²) in [6, 6.07) is 1.10. The summed E-state index contributed by atoms with van der Waals surface area (Å²) in [6.45, 7) is 4.58. The number of rotatable bonds is 2. The highest BCUT2D eigenvalue weighted by Gasteiger charge is 2.43. The van der Waals surface area contributed by atoms with E-state index in [9.17, 15) is 18.0 Å². The van der Waals surface area contributed by atoms with Crippen LogP contribution in [0.5, 0.6) is 0 Å². The molecule has 3 heterocycles. The van der Waals surface area contributed by atoms with Crippen molar-refractivity contribution < 1.29 is 22.5 Å². The molecule has 0 unspecified atom stereocenters. The molecule has 1 amide bonds. The third kappa shape index (κ3) is 2.95. The summed E-state index contributed by atoms with van der Waals surface area (Å²) in [5, 5.41) is 3.55. The van der Waals surface area contributed by atoms with Crippen molar-refractivity contribution in [3.8, 4) is 0 Å². The molecule has 3 atom stereocenters. The number of aromatic nitrogens is 2. The topological polar surface area (TPSA) is 59.2 Å². The van der Waals surface area contributed by atoms with Gasteiger partial charge in [0, 0.05) is 24.9 Å². The Kier molecular flexibility index (Phi) is 3.96. The molecule has 8 heteroatoms. The van der Waals surface area contributed by atoms with E-state index < -0.39 is 11.7 Å². The lowest BCUT2D eigenvalue weighted by atomic mass is 9.92. The third-order valence-electron chi connectivity index (χ3n) is 5.52. The maximum absolute atomic E-state index is 13.5. The van der Waals surface area contributed by atoms with E-state index in [2.05, 4.69) is 10.1 Å². The molecule has 4 rings (SSSR count). The van der Waals surface area contributed by atoms with Crippen molar-refractivity contribution in [2.24, 2.45) is 11.8 Å². The van der Waals surface area contributed by atoms with E-state index in [0.29, 0.717) is 31.1 Å². The Morgan fingerprint density at radius 2 is 2.12 bits per heavy atom. The zero-order valence-electron chi connectivity index (χ0n) is 14.6. The maximum Gasteiger partial charge on any atom is 0.417 e. The van der Waals surface area contributed by atoms with Gasteiger partial charge in [0.25, 0.3) is 5.71 Å². The van der Waals surface area contributed by atoms with E-state index in [1.165, 1.54) is 6.92 Å². The van der Waals surface area contributed by atoms with Crippen LogP contribution in [0.25, 0.3) is 11.1 Å². The van der Waals surface area contributed by atoms with E-state index in [1.807, 2.05) is 6.92 Å². The molecule has 2 aromatic rings. The monoisotopic (exact) mass is 367 g/mol. The van der Waals surface area contributed by atoms with Crippen molar-refractivity contribution in [3.05, 3.63) is 23.0 Å². The summed E-state index contributed by atoms with van der Waals surface area (Å²) in [4.78, 5) is 18.6. The lowest BCUT2D eigenvalue weighted by Crippen LogP contribution is -2.40. The number of hydrogen-bond donors (Lipinski definition) is 0. The van der Waals surface area contributed by atoms with Crippen LogP contribution in [0.4, 0.5) is 13.2 Å². The van der Waals surface area contributed by atoms with Gasteiger partial charge in [-0.25, -0.2) is 4.98 Å². The molecular weight excluding hydrogens is 347 g/mol. The van der Waals surface area contributed by atoms with Gasteiger partial charge in [0.1, 0.15) is 0 Å². The minimum Gasteiger partial charge on any atom is -0.342 e. The summed E-state index contributed by atoms with van der Waals surface area (Å²) < 4.78 is 45.6. The number of piperidine rings is 1. The first-order valence-electron chi connectivity index (χ1n) is 8.88. The number of carbonyl (C=O) groups excluding carboxylic acids is 1. The minimum atomic E-state index is -4.51. The fourth-order valence-corrected chi connectivity index (χ4v) is 3.87. The van der Waals surface area contributed by atoms with Gasteiger partial charge in [-0.3, -0.25) is 4.79 Å². The second-order valence-corrected chi connectivity index (χ2v) is 7.48. The van der Waals surface area contributed by atoms with E-state index >= 15 is 0 Å². The Labute approximate surface area is 148 Å². The van der Waals surface area contributed by atoms with Gasteiger partial charge in [-0.15, -0.1) is 0 Å². The third-order valence-corrected chi connectivity index (χ3v) is 5.52. The second kappa shape index (κ2) is 5.96. The van der Waals surface area contributed by atoms with Crippen LogP contribution in [0.2, 0.25) is 0 Å². The quantitative estimate of drug-likeness (QED) is 0.807. The Morgan fingerprint density at radius 1 is 1.38 bits per heavy atom. The number of halogens is 3. The number of aryl methyl sites for hydroxylation is 1. The molecule has 1 saturated carbocycles. The first kappa shape index (κ1) is 17.3. The van der Waals surface area contributed by atoms with Gasteiger partial charge in [-0.1, -0.05) is 12.1 Å². The summed E-state index contributed by atoms with van der Waals surface area (Å²) >= 11 is 0. The average molecular weight is 367 g/mol. The van der Waals surface area contributed by atoms with E-state index in [0.717, 1.165) is 18.9 Å². The van der Waals surface area contributed by atoms with Crippen molar-refractivity contribution in [3.63, 3.8) is 0 Å². The largest absolute Gasteiger partial charge is 0.417 e. The SMILES string of the molecule is Cc1noc2nc([C@@H]3CCCN(C(=O)[C@@H]4C[C@H]4C)C3)cc(C(F)(F)F)c12. The van der Waals surface area contributed by atoms with Crippen LogP contribution in [0, 0.1) is 18.8 Å². The fraction of sp³-hybridized carbons (Fsp3) is 0.611. The lowest BCUT2D eigenvalue weighted by molar-refractivity contribution is -0.137. The maximum atomic E-state index is 13.5. The molecule has 2 aliphatic rings. The predicted octanol–water partition coefficient (Wildman–Crippen LogP) is 3.91. The number of likely N-dealkylation sites (tertiary alicyclic amines) is 1. The van der Waals surface area contributed by atoms with Crippen LogP contribution in [-0.2, 0) is 11.0 Å². The smallest absolute Gasteiger partial charge is 0.342 e. The summed E-state index contributed by atoms with van der Waals surface area (Å²) in [5.74, 6) is 0.380. The van der Waals surface area contributed by atoms with Crippen LogP contribution in [-0.4, -0.2) is 34.0 Å². The molecule has 1 aliphatic heterocycles. The number of hydrogen-bond acceptors (Lipinski definition) is 4. The molecule has 1 saturated heterocycles. The molecule has 140 valence electrons. The molecule has 0 N–H and O–H groups in total. The van der Waals surface area contributed by atoms with Crippen LogP contribution < -0.4 is 0 Å². The number of amides is 1. The van der Waals surface area contributed by atoms with Gasteiger partial charge in [0.05, 0.1) is 22.3 Å². The predicted molar refractivity (Wildman–Crippen MR) is 87.4 cm³/mol. The van der Waals surface area contributed by atoms with E-state index in [-0.39, 0.29) is 34.5 Å². The molecule has 26 heavy (non-hydrogen) atoms. The van der Waals surface area contributed by atoms with Gasteiger partial charge in [-0.05, 0) is 38.2 Å².